The van der Waals surface area contributed by atoms with E-state index < -0.39 is 58.0 Å². The summed E-state index contributed by atoms with van der Waals surface area (Å²) in [5.41, 5.74) is 4.22. The van der Waals surface area contributed by atoms with E-state index in [0.29, 0.717) is 24.9 Å². The predicted octanol–water partition coefficient (Wildman–Crippen LogP) is 0.898. The second-order valence-electron chi connectivity index (χ2n) is 10.9. The van der Waals surface area contributed by atoms with Gasteiger partial charge in [-0.3, -0.25) is 24.2 Å². The lowest BCUT2D eigenvalue weighted by Gasteiger charge is -2.50. The van der Waals surface area contributed by atoms with Gasteiger partial charge in [0.25, 0.3) is 5.91 Å². The number of phenols is 1. The Hall–Kier alpha value is -3.47. The van der Waals surface area contributed by atoms with E-state index >= 15 is 0 Å². The number of carbonyl (C=O) groups is 3. The average molecular weight is 524 g/mol. The fraction of sp³-hybridized carbons (Fsp3) is 0.464. The van der Waals surface area contributed by atoms with Gasteiger partial charge in [0.2, 0.25) is 5.78 Å². The van der Waals surface area contributed by atoms with Crippen LogP contribution in [-0.2, 0) is 33.8 Å². The maximum absolute atomic E-state index is 14.0. The van der Waals surface area contributed by atoms with E-state index in [0.717, 1.165) is 24.2 Å². The Balaban J connectivity index is 1.69. The fourth-order valence-corrected chi connectivity index (χ4v) is 6.78. The van der Waals surface area contributed by atoms with Crippen LogP contribution >= 0.6 is 0 Å². The molecule has 10 nitrogen and oxygen atoms in total. The molecule has 1 aliphatic heterocycles. The van der Waals surface area contributed by atoms with Crippen LogP contribution in [0, 0.1) is 11.8 Å². The lowest BCUT2D eigenvalue weighted by atomic mass is 9.57. The van der Waals surface area contributed by atoms with Crippen molar-refractivity contribution in [1.29, 1.82) is 0 Å². The van der Waals surface area contributed by atoms with E-state index in [4.69, 9.17) is 5.73 Å². The summed E-state index contributed by atoms with van der Waals surface area (Å²) in [5, 5.41) is 45.5. The molecule has 4 atom stereocenters. The Morgan fingerprint density at radius 3 is 2.39 bits per heavy atom. The zero-order valence-corrected chi connectivity index (χ0v) is 21.7. The van der Waals surface area contributed by atoms with Crippen LogP contribution in [0.25, 0.3) is 5.76 Å². The number of likely N-dealkylation sites (N-methyl/N-ethyl adjacent to an activating group) is 1. The Kier molecular flexibility index (Phi) is 6.24. The summed E-state index contributed by atoms with van der Waals surface area (Å²) in [5.74, 6) is -6.32. The first-order chi connectivity index (χ1) is 17.9. The van der Waals surface area contributed by atoms with Crippen molar-refractivity contribution in [2.75, 3.05) is 27.2 Å². The predicted molar refractivity (Wildman–Crippen MR) is 138 cm³/mol. The van der Waals surface area contributed by atoms with Crippen LogP contribution < -0.4 is 5.73 Å². The number of nitrogens with zero attached hydrogens (tertiary/aromatic N) is 2. The average Bonchev–Trinajstić information content (AvgIpc) is 3.36. The van der Waals surface area contributed by atoms with E-state index in [1.54, 1.807) is 14.1 Å². The Labute approximate surface area is 220 Å². The highest BCUT2D eigenvalue weighted by atomic mass is 16.3. The number of hydrogen-bond acceptors (Lipinski definition) is 9. The van der Waals surface area contributed by atoms with E-state index in [1.165, 1.54) is 4.90 Å². The number of ketones is 2. The summed E-state index contributed by atoms with van der Waals surface area (Å²) in [4.78, 5) is 42.9. The van der Waals surface area contributed by atoms with Gasteiger partial charge in [0.1, 0.15) is 22.8 Å². The largest absolute Gasteiger partial charge is 0.508 e. The van der Waals surface area contributed by atoms with E-state index in [1.807, 2.05) is 25.1 Å². The number of aromatic hydroxyl groups is 1. The maximum Gasteiger partial charge on any atom is 0.255 e. The van der Waals surface area contributed by atoms with Crippen LogP contribution in [0.15, 0.2) is 35.1 Å². The standard InChI is InChI=1S/C28H33N3O7/c1-4-13-9-15(12-31-7-5-6-8-31)22(32)19-16(13)10-14-11-17-21(30(2)3)24(34)20(27(29)37)26(36)28(17,38)25(35)18(14)23(19)33/h5-6,9,14,17,21,32-33,36,38H,4,7-8,10-12H2,1-3H3,(H2,29,37)/t14-,17-,21-,28-/m0/s1. The van der Waals surface area contributed by atoms with Gasteiger partial charge < -0.3 is 26.2 Å². The van der Waals surface area contributed by atoms with Crippen LogP contribution in [0.3, 0.4) is 0 Å². The molecule has 3 aliphatic carbocycles. The van der Waals surface area contributed by atoms with Crippen LogP contribution in [0.1, 0.15) is 35.6 Å². The highest BCUT2D eigenvalue weighted by Gasteiger charge is 2.64. The summed E-state index contributed by atoms with van der Waals surface area (Å²) < 4.78 is 0. The zero-order chi connectivity index (χ0) is 27.7. The molecule has 38 heavy (non-hydrogen) atoms. The van der Waals surface area contributed by atoms with Crippen molar-refractivity contribution in [2.45, 2.75) is 44.4 Å². The molecule has 1 aromatic rings. The van der Waals surface area contributed by atoms with Crippen molar-refractivity contribution in [3.8, 4) is 5.75 Å². The van der Waals surface area contributed by atoms with Crippen molar-refractivity contribution >= 4 is 23.2 Å². The topological polar surface area (TPSA) is 165 Å². The molecule has 202 valence electrons. The molecule has 0 radical (unpaired) electrons. The lowest BCUT2D eigenvalue weighted by molar-refractivity contribution is -0.153. The van der Waals surface area contributed by atoms with Crippen molar-refractivity contribution in [3.63, 3.8) is 0 Å². The normalized spacial score (nSPS) is 29.1. The SMILES string of the molecule is CCc1cc(CN2CC=CC2)c(O)c2c1C[C@H]1C[C@H]3[C@H](N(C)C)C(=O)C(C(N)=O)=C(O)[C@@]3(O)C(=O)C1=C2O. The number of amides is 1. The molecule has 6 N–H and O–H groups in total. The first-order valence-corrected chi connectivity index (χ1v) is 12.8. The molecular formula is C28H33N3O7. The zero-order valence-electron chi connectivity index (χ0n) is 21.7. The molecule has 0 spiro atoms. The summed E-state index contributed by atoms with van der Waals surface area (Å²) in [6.07, 6.45) is 5.09. The van der Waals surface area contributed by atoms with Crippen LogP contribution in [0.2, 0.25) is 0 Å². The van der Waals surface area contributed by atoms with Gasteiger partial charge in [0, 0.05) is 36.7 Å². The first-order valence-electron chi connectivity index (χ1n) is 12.8. The summed E-state index contributed by atoms with van der Waals surface area (Å²) >= 11 is 0. The Morgan fingerprint density at radius 2 is 1.82 bits per heavy atom. The first kappa shape index (κ1) is 26.1. The third-order valence-electron chi connectivity index (χ3n) is 8.56. The number of nitrogens with two attached hydrogens (primary N) is 1. The van der Waals surface area contributed by atoms with E-state index in [9.17, 15) is 34.8 Å². The monoisotopic (exact) mass is 523 g/mol. The van der Waals surface area contributed by atoms with Crippen LogP contribution in [0.5, 0.6) is 5.75 Å². The van der Waals surface area contributed by atoms with E-state index in [-0.39, 0.29) is 23.3 Å². The van der Waals surface area contributed by atoms with Crippen molar-refractivity contribution in [1.82, 2.24) is 9.80 Å². The van der Waals surface area contributed by atoms with Gasteiger partial charge in [-0.2, -0.15) is 0 Å². The van der Waals surface area contributed by atoms with E-state index in [2.05, 4.69) is 4.90 Å². The molecule has 1 saturated carbocycles. The molecule has 1 aromatic carbocycles. The highest BCUT2D eigenvalue weighted by Crippen LogP contribution is 2.53. The minimum atomic E-state index is -2.63. The molecule has 1 heterocycles. The minimum Gasteiger partial charge on any atom is -0.508 e. The number of aliphatic hydroxyl groups is 3. The third-order valence-corrected chi connectivity index (χ3v) is 8.56. The van der Waals surface area contributed by atoms with Gasteiger partial charge in [-0.15, -0.1) is 0 Å². The molecule has 1 amide bonds. The number of carbonyl (C=O) groups excluding carboxylic acids is 3. The minimum absolute atomic E-state index is 0.0802. The third kappa shape index (κ3) is 3.54. The summed E-state index contributed by atoms with van der Waals surface area (Å²) in [6.45, 7) is 3.90. The number of primary amides is 1. The maximum atomic E-state index is 14.0. The van der Waals surface area contributed by atoms with Crippen molar-refractivity contribution in [3.05, 3.63) is 57.4 Å². The van der Waals surface area contributed by atoms with Gasteiger partial charge in [0.05, 0.1) is 11.6 Å². The van der Waals surface area contributed by atoms with Gasteiger partial charge in [-0.1, -0.05) is 25.1 Å². The second-order valence-corrected chi connectivity index (χ2v) is 10.9. The molecule has 4 aliphatic rings. The fourth-order valence-electron chi connectivity index (χ4n) is 6.78. The van der Waals surface area contributed by atoms with Gasteiger partial charge in [-0.25, -0.2) is 0 Å². The summed E-state index contributed by atoms with van der Waals surface area (Å²) in [7, 11) is 3.16. The van der Waals surface area contributed by atoms with Crippen molar-refractivity contribution in [2.24, 2.45) is 17.6 Å². The number of hydrogen-bond donors (Lipinski definition) is 5. The molecule has 1 fully saturated rings. The number of aliphatic hydroxyl groups excluding tert-OH is 2. The molecule has 0 aromatic heterocycles. The van der Waals surface area contributed by atoms with Gasteiger partial charge >= 0.3 is 0 Å². The number of benzene rings is 1. The van der Waals surface area contributed by atoms with Crippen LogP contribution in [0.4, 0.5) is 0 Å². The molecule has 10 heteroatoms. The van der Waals surface area contributed by atoms with Gasteiger partial charge in [0.15, 0.2) is 11.4 Å². The number of fused-ring (bicyclic) bond motifs is 3. The Bertz CT molecular complexity index is 1350. The quantitative estimate of drug-likeness (QED) is 0.278. The Morgan fingerprint density at radius 1 is 1.16 bits per heavy atom. The molecular weight excluding hydrogens is 490 g/mol. The number of aryl methyl sites for hydroxylation is 1. The molecule has 5 rings (SSSR count). The van der Waals surface area contributed by atoms with Gasteiger partial charge in [-0.05, 0) is 50.4 Å². The molecule has 0 unspecified atom stereocenters. The molecule has 0 bridgehead atoms. The smallest absolute Gasteiger partial charge is 0.255 e. The summed E-state index contributed by atoms with van der Waals surface area (Å²) in [6, 6.07) is 0.842. The number of phenolic OH excluding ortho intramolecular Hbond substituents is 1. The highest BCUT2D eigenvalue weighted by molar-refractivity contribution is 6.24. The van der Waals surface area contributed by atoms with Crippen molar-refractivity contribution < 1.29 is 34.8 Å². The molecule has 0 saturated heterocycles. The number of rotatable bonds is 5. The van der Waals surface area contributed by atoms with Crippen LogP contribution in [-0.4, -0.2) is 86.5 Å². The lowest BCUT2D eigenvalue weighted by Crippen LogP contribution is -2.65. The number of Topliss-reactive ketones (excluding diaryl/α,β-unsaturated/α-hetero) is 2. The second kappa shape index (κ2) is 9.07.